The fourth-order valence-corrected chi connectivity index (χ4v) is 5.52. The molecule has 6 bridgehead atoms. The molecule has 22 heteroatoms. The summed E-state index contributed by atoms with van der Waals surface area (Å²) < 4.78 is 98.2. The Morgan fingerprint density at radius 3 is 2.19 bits per heavy atom. The summed E-state index contributed by atoms with van der Waals surface area (Å²) in [5.74, 6) is -5.88. The molecule has 1 unspecified atom stereocenters. The van der Waals surface area contributed by atoms with Crippen LogP contribution in [0.4, 0.5) is 73.1 Å². The standard InChI is InChI=1S/C25H27ClN8O.C4F6O2.C2HF3O/c26-21-14-28-24-30-19-10-16(12-27-13-19)3-4-17-11-18(29-23(21)32-24)5-6-22(17)31-25(35)34-9-8-33-7-1-2-20(33)15-34;5-3(6,7)1(11)2(12)4(8,9)10;3-2(4,5)1-6/h5-6,10-14,20H,1-4,7-9,15H2,(H,31,35)(H2,28,29,30,32);;1H. The number of amides is 2. The number of hydrogen-bond donors (Lipinski definition) is 3. The number of pyridine rings is 1. The highest BCUT2D eigenvalue weighted by molar-refractivity contribution is 6.41. The zero-order valence-electron chi connectivity index (χ0n) is 27.0. The molecule has 0 spiro atoms. The first-order valence-electron chi connectivity index (χ1n) is 15.4. The molecule has 3 aliphatic rings. The molecule has 2 amide bonds. The number of aromatic nitrogens is 3. The smallest absolute Gasteiger partial charge is 0.339 e. The first-order chi connectivity index (χ1) is 24.7. The number of fused-ring (bicyclic) bond motifs is 7. The van der Waals surface area contributed by atoms with Crippen molar-refractivity contribution in [2.45, 2.75) is 50.3 Å². The van der Waals surface area contributed by atoms with Crippen LogP contribution in [0.25, 0.3) is 0 Å². The summed E-state index contributed by atoms with van der Waals surface area (Å²) in [6.07, 6.45) is -8.17. The van der Waals surface area contributed by atoms with Crippen molar-refractivity contribution >= 4 is 64.3 Å². The Morgan fingerprint density at radius 1 is 0.868 bits per heavy atom. The number of alkyl halides is 9. The molecular formula is C31H28ClF9N8O4. The van der Waals surface area contributed by atoms with Gasteiger partial charge in [-0.1, -0.05) is 11.6 Å². The lowest BCUT2D eigenvalue weighted by Gasteiger charge is -2.37. The van der Waals surface area contributed by atoms with Crippen molar-refractivity contribution in [2.24, 2.45) is 0 Å². The van der Waals surface area contributed by atoms with Gasteiger partial charge in [0.2, 0.25) is 12.2 Å². The van der Waals surface area contributed by atoms with E-state index in [1.807, 2.05) is 35.4 Å². The average Bonchev–Trinajstić information content (AvgIpc) is 3.57. The molecule has 5 heterocycles. The van der Waals surface area contributed by atoms with E-state index in [1.165, 1.54) is 12.8 Å². The van der Waals surface area contributed by atoms with Gasteiger partial charge in [-0.3, -0.25) is 24.3 Å². The normalized spacial score (nSPS) is 16.9. The number of aldehydes is 1. The maximum Gasteiger partial charge on any atom is 0.458 e. The number of ketones is 2. The molecule has 2 aromatic heterocycles. The number of urea groups is 1. The number of hydrogen-bond acceptors (Lipinski definition) is 10. The molecular weight excluding hydrogens is 755 g/mol. The molecule has 6 rings (SSSR count). The van der Waals surface area contributed by atoms with Gasteiger partial charge in [0.15, 0.2) is 5.82 Å². The van der Waals surface area contributed by atoms with E-state index >= 15 is 0 Å². The van der Waals surface area contributed by atoms with E-state index in [0.717, 1.165) is 67.2 Å². The third-order valence-corrected chi connectivity index (χ3v) is 8.09. The Morgan fingerprint density at radius 2 is 1.55 bits per heavy atom. The largest absolute Gasteiger partial charge is 0.458 e. The Bertz CT molecular complexity index is 1800. The fourth-order valence-electron chi connectivity index (χ4n) is 5.38. The highest BCUT2D eigenvalue weighted by Gasteiger charge is 2.54. The summed E-state index contributed by atoms with van der Waals surface area (Å²) in [4.78, 5) is 58.7. The first-order valence-corrected chi connectivity index (χ1v) is 15.8. The van der Waals surface area contributed by atoms with E-state index in [1.54, 1.807) is 12.4 Å². The van der Waals surface area contributed by atoms with Crippen molar-refractivity contribution in [3.05, 3.63) is 59.0 Å². The molecule has 0 saturated carbocycles. The average molecular weight is 783 g/mol. The molecule has 0 aliphatic carbocycles. The van der Waals surface area contributed by atoms with E-state index in [9.17, 15) is 53.9 Å². The lowest BCUT2D eigenvalue weighted by molar-refractivity contribution is -0.193. The lowest BCUT2D eigenvalue weighted by atomic mass is 10.0. The Hall–Kier alpha value is -5.05. The van der Waals surface area contributed by atoms with Crippen LogP contribution in [0.2, 0.25) is 5.02 Å². The first kappa shape index (κ1) is 40.7. The molecule has 3 aromatic rings. The van der Waals surface area contributed by atoms with E-state index < -0.39 is 36.4 Å². The third kappa shape index (κ3) is 11.7. The summed E-state index contributed by atoms with van der Waals surface area (Å²) in [6.45, 7) is 3.66. The molecule has 53 heavy (non-hydrogen) atoms. The summed E-state index contributed by atoms with van der Waals surface area (Å²) >= 11 is 6.36. The highest BCUT2D eigenvalue weighted by atomic mass is 35.5. The topological polar surface area (TPSA) is 150 Å². The Labute approximate surface area is 299 Å². The minimum absolute atomic E-state index is 0.0345. The van der Waals surface area contributed by atoms with Crippen LogP contribution in [-0.2, 0) is 27.2 Å². The molecule has 12 nitrogen and oxygen atoms in total. The molecule has 1 atom stereocenters. The maximum atomic E-state index is 13.2. The predicted molar refractivity (Wildman–Crippen MR) is 171 cm³/mol. The van der Waals surface area contributed by atoms with E-state index in [2.05, 4.69) is 35.8 Å². The van der Waals surface area contributed by atoms with Gasteiger partial charge < -0.3 is 20.9 Å². The van der Waals surface area contributed by atoms with Crippen LogP contribution in [-0.4, -0.2) is 99.4 Å². The van der Waals surface area contributed by atoms with E-state index in [4.69, 9.17) is 16.4 Å². The number of piperazine rings is 1. The van der Waals surface area contributed by atoms with Gasteiger partial charge in [-0.2, -0.15) is 44.5 Å². The van der Waals surface area contributed by atoms with E-state index in [-0.39, 0.29) is 6.03 Å². The van der Waals surface area contributed by atoms with Crippen LogP contribution in [0.1, 0.15) is 24.0 Å². The molecule has 2 fully saturated rings. The second kappa shape index (κ2) is 16.7. The van der Waals surface area contributed by atoms with Crippen LogP contribution in [0, 0.1) is 0 Å². The summed E-state index contributed by atoms with van der Waals surface area (Å²) in [5.41, 5.74) is 4.58. The van der Waals surface area contributed by atoms with Crippen LogP contribution in [0.3, 0.4) is 0 Å². The summed E-state index contributed by atoms with van der Waals surface area (Å²) in [5, 5.41) is 10.1. The van der Waals surface area contributed by atoms with Gasteiger partial charge in [0.05, 0.1) is 18.1 Å². The van der Waals surface area contributed by atoms with Crippen LogP contribution in [0.15, 0.2) is 42.9 Å². The van der Waals surface area contributed by atoms with Gasteiger partial charge in [-0.05, 0) is 67.6 Å². The predicted octanol–water partition coefficient (Wildman–Crippen LogP) is 6.42. The summed E-state index contributed by atoms with van der Waals surface area (Å²) in [6, 6.07) is 8.42. The molecule has 1 aromatic carbocycles. The zero-order valence-corrected chi connectivity index (χ0v) is 27.8. The van der Waals surface area contributed by atoms with Crippen LogP contribution >= 0.6 is 11.6 Å². The van der Waals surface area contributed by atoms with Gasteiger partial charge in [-0.25, -0.2) is 9.78 Å². The van der Waals surface area contributed by atoms with Crippen LogP contribution < -0.4 is 16.0 Å². The minimum atomic E-state index is -5.77. The lowest BCUT2D eigenvalue weighted by Crippen LogP contribution is -2.53. The van der Waals surface area contributed by atoms with Crippen molar-refractivity contribution in [3.8, 4) is 0 Å². The number of benzene rings is 1. The Kier molecular flexibility index (Phi) is 12.9. The fraction of sp³-hybridized carbons (Fsp3) is 0.387. The SMILES string of the molecule is O=C(C(=O)C(F)(F)F)C(F)(F)F.O=C(Nc1ccc2cc1CCc1cncc(c1)Nc1ncc(Cl)c(n1)N2)N1CCN2CCCC2C1.O=CC(F)(F)F. The monoisotopic (exact) mass is 782 g/mol. The van der Waals surface area contributed by atoms with Crippen molar-refractivity contribution in [2.75, 3.05) is 42.1 Å². The Balaban J connectivity index is 0.000000291. The van der Waals surface area contributed by atoms with Crippen LogP contribution in [0.5, 0.6) is 0 Å². The molecule has 2 saturated heterocycles. The third-order valence-electron chi connectivity index (χ3n) is 7.82. The number of anilines is 5. The molecule has 3 aliphatic heterocycles. The molecule has 286 valence electrons. The number of carbonyl (C=O) groups excluding carboxylic acids is 4. The number of rotatable bonds is 2. The maximum absolute atomic E-state index is 13.2. The van der Waals surface area contributed by atoms with Gasteiger partial charge in [-0.15, -0.1) is 0 Å². The van der Waals surface area contributed by atoms with Gasteiger partial charge in [0.25, 0.3) is 0 Å². The quantitative estimate of drug-likeness (QED) is 0.151. The summed E-state index contributed by atoms with van der Waals surface area (Å²) in [7, 11) is 0. The number of aryl methyl sites for hydroxylation is 2. The zero-order chi connectivity index (χ0) is 39.1. The van der Waals surface area contributed by atoms with Crippen molar-refractivity contribution in [1.29, 1.82) is 0 Å². The van der Waals surface area contributed by atoms with Gasteiger partial charge >= 0.3 is 36.1 Å². The van der Waals surface area contributed by atoms with Crippen molar-refractivity contribution < 1.29 is 58.7 Å². The number of Topliss-reactive ketones (excluding diaryl/α,β-unsaturated/α-hetero) is 2. The highest BCUT2D eigenvalue weighted by Crippen LogP contribution is 2.30. The number of carbonyl (C=O) groups is 4. The number of halogens is 10. The van der Waals surface area contributed by atoms with Crippen molar-refractivity contribution in [1.82, 2.24) is 24.8 Å². The molecule has 0 radical (unpaired) electrons. The second-order valence-corrected chi connectivity index (χ2v) is 12.0. The number of nitrogens with one attached hydrogen (secondary N) is 3. The number of nitrogens with zero attached hydrogens (tertiary/aromatic N) is 5. The van der Waals surface area contributed by atoms with Gasteiger partial charge in [0, 0.05) is 43.2 Å². The molecule has 3 N–H and O–H groups in total. The minimum Gasteiger partial charge on any atom is -0.339 e. The second-order valence-electron chi connectivity index (χ2n) is 11.6. The van der Waals surface area contributed by atoms with Gasteiger partial charge in [0.1, 0.15) is 5.02 Å². The van der Waals surface area contributed by atoms with Crippen molar-refractivity contribution in [3.63, 3.8) is 0 Å². The van der Waals surface area contributed by atoms with E-state index in [0.29, 0.717) is 22.8 Å².